The highest BCUT2D eigenvalue weighted by Crippen LogP contribution is 2.45. The van der Waals surface area contributed by atoms with Gasteiger partial charge in [0.15, 0.2) is 0 Å². The second-order valence-electron chi connectivity index (χ2n) is 7.07. The number of carbonyl (C=O) groups excluding carboxylic acids is 1. The Morgan fingerprint density at radius 1 is 1.37 bits per heavy atom. The predicted octanol–water partition coefficient (Wildman–Crippen LogP) is 2.46. The number of hydrogen-bond donors (Lipinski definition) is 2. The molecule has 2 N–H and O–H groups in total. The monoisotopic (exact) mass is 264 g/mol. The van der Waals surface area contributed by atoms with Crippen LogP contribution < -0.4 is 10.6 Å². The average molecular weight is 264 g/mol. The van der Waals surface area contributed by atoms with E-state index in [1.807, 2.05) is 0 Å². The lowest BCUT2D eigenvalue weighted by Crippen LogP contribution is -2.53. The van der Waals surface area contributed by atoms with E-state index in [-0.39, 0.29) is 5.41 Å². The first-order valence-electron chi connectivity index (χ1n) is 8.25. The Morgan fingerprint density at radius 3 is 2.84 bits per heavy atom. The smallest absolute Gasteiger partial charge is 0.227 e. The van der Waals surface area contributed by atoms with Crippen molar-refractivity contribution in [2.75, 3.05) is 13.1 Å². The Hall–Kier alpha value is -0.570. The fourth-order valence-electron chi connectivity index (χ4n) is 4.71. The van der Waals surface area contributed by atoms with E-state index in [1.165, 1.54) is 25.7 Å². The third-order valence-electron chi connectivity index (χ3n) is 5.74. The average Bonchev–Trinajstić information content (AvgIpc) is 3.02. The topological polar surface area (TPSA) is 41.1 Å². The van der Waals surface area contributed by atoms with Crippen LogP contribution in [0, 0.1) is 17.3 Å². The summed E-state index contributed by atoms with van der Waals surface area (Å²) in [6, 6.07) is 0.488. The summed E-state index contributed by atoms with van der Waals surface area (Å²) in [6.07, 6.45) is 9.70. The van der Waals surface area contributed by atoms with Gasteiger partial charge in [0.25, 0.3) is 0 Å². The Kier molecular flexibility index (Phi) is 3.84. The van der Waals surface area contributed by atoms with Crippen LogP contribution in [0.15, 0.2) is 0 Å². The Labute approximate surface area is 116 Å². The molecule has 0 aromatic carbocycles. The van der Waals surface area contributed by atoms with Crippen LogP contribution in [0.4, 0.5) is 0 Å². The molecule has 1 amide bonds. The summed E-state index contributed by atoms with van der Waals surface area (Å²) in [7, 11) is 0. The molecule has 3 nitrogen and oxygen atoms in total. The van der Waals surface area contributed by atoms with Gasteiger partial charge in [0, 0.05) is 12.6 Å². The maximum atomic E-state index is 12.8. The van der Waals surface area contributed by atoms with Crippen molar-refractivity contribution in [3.8, 4) is 0 Å². The molecule has 2 bridgehead atoms. The summed E-state index contributed by atoms with van der Waals surface area (Å²) < 4.78 is 0. The van der Waals surface area contributed by atoms with Gasteiger partial charge >= 0.3 is 0 Å². The molecule has 108 valence electrons. The lowest BCUT2D eigenvalue weighted by atomic mass is 9.75. The van der Waals surface area contributed by atoms with Gasteiger partial charge in [0.1, 0.15) is 0 Å². The molecule has 3 fully saturated rings. The van der Waals surface area contributed by atoms with Crippen molar-refractivity contribution in [3.63, 3.8) is 0 Å². The molecule has 0 aromatic rings. The molecule has 0 spiro atoms. The lowest BCUT2D eigenvalue weighted by Gasteiger charge is -2.38. The van der Waals surface area contributed by atoms with Gasteiger partial charge in [0.2, 0.25) is 5.91 Å². The maximum Gasteiger partial charge on any atom is 0.227 e. The number of fused-ring (bicyclic) bond motifs is 2. The van der Waals surface area contributed by atoms with Crippen LogP contribution >= 0.6 is 0 Å². The number of piperidine rings is 1. The first-order valence-corrected chi connectivity index (χ1v) is 8.25. The zero-order valence-corrected chi connectivity index (χ0v) is 12.2. The highest BCUT2D eigenvalue weighted by Gasteiger charge is 2.44. The zero-order chi connectivity index (χ0) is 13.3. The van der Waals surface area contributed by atoms with Gasteiger partial charge < -0.3 is 10.6 Å². The fraction of sp³-hybridized carbons (Fsp3) is 0.938. The summed E-state index contributed by atoms with van der Waals surface area (Å²) in [6.45, 7) is 4.15. The Bertz CT molecular complexity index is 330. The molecule has 1 heterocycles. The van der Waals surface area contributed by atoms with Gasteiger partial charge in [-0.1, -0.05) is 19.8 Å². The van der Waals surface area contributed by atoms with Gasteiger partial charge in [-0.3, -0.25) is 4.79 Å². The van der Waals surface area contributed by atoms with E-state index in [9.17, 15) is 4.79 Å². The maximum absolute atomic E-state index is 12.8. The molecule has 0 radical (unpaired) electrons. The molecule has 1 aliphatic heterocycles. The normalized spacial score (nSPS) is 41.4. The van der Waals surface area contributed by atoms with Crippen molar-refractivity contribution in [2.45, 2.75) is 64.3 Å². The van der Waals surface area contributed by atoms with E-state index in [2.05, 4.69) is 17.6 Å². The molecule has 4 unspecified atom stereocenters. The minimum Gasteiger partial charge on any atom is -0.353 e. The van der Waals surface area contributed by atoms with Gasteiger partial charge in [-0.05, 0) is 56.9 Å². The van der Waals surface area contributed by atoms with E-state index in [0.717, 1.165) is 50.6 Å². The van der Waals surface area contributed by atoms with Crippen molar-refractivity contribution in [2.24, 2.45) is 17.3 Å². The number of nitrogens with one attached hydrogen (secondary N) is 2. The van der Waals surface area contributed by atoms with Crippen LogP contribution in [0.3, 0.4) is 0 Å². The summed E-state index contributed by atoms with van der Waals surface area (Å²) in [5.41, 5.74) is -0.116. The third kappa shape index (κ3) is 2.54. The molecule has 1 saturated heterocycles. The van der Waals surface area contributed by atoms with E-state index in [0.29, 0.717) is 11.9 Å². The van der Waals surface area contributed by atoms with Crippen LogP contribution in [-0.2, 0) is 4.79 Å². The van der Waals surface area contributed by atoms with E-state index < -0.39 is 0 Å². The fourth-order valence-corrected chi connectivity index (χ4v) is 4.71. The van der Waals surface area contributed by atoms with E-state index in [1.54, 1.807) is 0 Å². The summed E-state index contributed by atoms with van der Waals surface area (Å²) in [4.78, 5) is 12.8. The predicted molar refractivity (Wildman–Crippen MR) is 76.8 cm³/mol. The first-order chi connectivity index (χ1) is 9.23. The van der Waals surface area contributed by atoms with Crippen LogP contribution in [0.5, 0.6) is 0 Å². The van der Waals surface area contributed by atoms with Crippen molar-refractivity contribution in [3.05, 3.63) is 0 Å². The van der Waals surface area contributed by atoms with Crippen molar-refractivity contribution in [1.29, 1.82) is 0 Å². The van der Waals surface area contributed by atoms with E-state index in [4.69, 9.17) is 0 Å². The van der Waals surface area contributed by atoms with Crippen molar-refractivity contribution >= 4 is 5.91 Å². The molecule has 0 aromatic heterocycles. The van der Waals surface area contributed by atoms with Gasteiger partial charge in [-0.15, -0.1) is 0 Å². The lowest BCUT2D eigenvalue weighted by molar-refractivity contribution is -0.133. The van der Waals surface area contributed by atoms with Crippen molar-refractivity contribution < 1.29 is 4.79 Å². The number of rotatable bonds is 4. The van der Waals surface area contributed by atoms with Crippen LogP contribution in [0.1, 0.15) is 58.3 Å². The SMILES string of the molecule is CCCC1(C(=O)NC2CC3CCC2C3)CCCNC1. The second kappa shape index (κ2) is 5.43. The summed E-state index contributed by atoms with van der Waals surface area (Å²) >= 11 is 0. The third-order valence-corrected chi connectivity index (χ3v) is 5.74. The molecular weight excluding hydrogens is 236 g/mol. The summed E-state index contributed by atoms with van der Waals surface area (Å²) in [5.74, 6) is 2.03. The molecule has 4 atom stereocenters. The molecule has 2 aliphatic carbocycles. The van der Waals surface area contributed by atoms with E-state index >= 15 is 0 Å². The van der Waals surface area contributed by atoms with Gasteiger partial charge in [-0.25, -0.2) is 0 Å². The Balaban J connectivity index is 1.63. The number of amides is 1. The standard InChI is InChI=1S/C16H28N2O/c1-2-6-16(7-3-8-17-11-16)15(19)18-14-10-12-4-5-13(14)9-12/h12-14,17H,2-11H2,1H3,(H,18,19). The molecule has 19 heavy (non-hydrogen) atoms. The van der Waals surface area contributed by atoms with Crippen molar-refractivity contribution in [1.82, 2.24) is 10.6 Å². The highest BCUT2D eigenvalue weighted by atomic mass is 16.2. The number of hydrogen-bond acceptors (Lipinski definition) is 2. The van der Waals surface area contributed by atoms with Crippen LogP contribution in [-0.4, -0.2) is 25.0 Å². The minimum atomic E-state index is -0.116. The number of carbonyl (C=O) groups is 1. The highest BCUT2D eigenvalue weighted by molar-refractivity contribution is 5.83. The minimum absolute atomic E-state index is 0.116. The Morgan fingerprint density at radius 2 is 2.26 bits per heavy atom. The molecular formula is C16H28N2O. The molecule has 3 aliphatic rings. The van der Waals surface area contributed by atoms with Crippen LogP contribution in [0.2, 0.25) is 0 Å². The van der Waals surface area contributed by atoms with Crippen LogP contribution in [0.25, 0.3) is 0 Å². The van der Waals surface area contributed by atoms with Gasteiger partial charge in [0.05, 0.1) is 5.41 Å². The molecule has 3 rings (SSSR count). The molecule has 3 heteroatoms. The quantitative estimate of drug-likeness (QED) is 0.819. The second-order valence-corrected chi connectivity index (χ2v) is 7.07. The summed E-state index contributed by atoms with van der Waals surface area (Å²) in [5, 5.41) is 6.87. The van der Waals surface area contributed by atoms with Gasteiger partial charge in [-0.2, -0.15) is 0 Å². The largest absolute Gasteiger partial charge is 0.353 e. The zero-order valence-electron chi connectivity index (χ0n) is 12.2. The molecule has 2 saturated carbocycles. The first kappa shape index (κ1) is 13.4.